The normalized spacial score (nSPS) is 16.2. The molecule has 1 aliphatic heterocycles. The number of carbonyl (C=O) groups is 2. The zero-order chi connectivity index (χ0) is 21.3. The highest BCUT2D eigenvalue weighted by Gasteiger charge is 2.32. The third kappa shape index (κ3) is 4.10. The molecule has 30 heavy (non-hydrogen) atoms. The Kier molecular flexibility index (Phi) is 5.86. The number of hydrogen-bond donors (Lipinski definition) is 0. The third-order valence-corrected chi connectivity index (χ3v) is 6.90. The van der Waals surface area contributed by atoms with E-state index in [1.807, 2.05) is 17.0 Å². The minimum absolute atomic E-state index is 0.0206. The van der Waals surface area contributed by atoms with E-state index in [0.29, 0.717) is 25.9 Å². The first-order valence-corrected chi connectivity index (χ1v) is 11.0. The van der Waals surface area contributed by atoms with Gasteiger partial charge >= 0.3 is 0 Å². The average molecular weight is 425 g/mol. The largest absolute Gasteiger partial charge is 0.344 e. The molecule has 4 rings (SSSR count). The van der Waals surface area contributed by atoms with Gasteiger partial charge in [0.15, 0.2) is 0 Å². The zero-order valence-corrected chi connectivity index (χ0v) is 18.0. The summed E-state index contributed by atoms with van der Waals surface area (Å²) in [6, 6.07) is 14.4. The van der Waals surface area contributed by atoms with Crippen molar-refractivity contribution >= 4 is 33.2 Å². The predicted molar refractivity (Wildman–Crippen MR) is 119 cm³/mol. The van der Waals surface area contributed by atoms with Crippen molar-refractivity contribution in [1.29, 1.82) is 0 Å². The van der Waals surface area contributed by atoms with E-state index in [1.165, 1.54) is 12.1 Å². The fraction of sp³-hybridized carbons (Fsp3) is 0.333. The Bertz CT molecular complexity index is 1070. The second kappa shape index (κ2) is 8.56. The number of thiophene rings is 1. The topological polar surface area (TPSA) is 40.6 Å². The second-order valence-corrected chi connectivity index (χ2v) is 9.04. The molecule has 0 saturated carbocycles. The van der Waals surface area contributed by atoms with Gasteiger partial charge in [0.2, 0.25) is 5.91 Å². The van der Waals surface area contributed by atoms with Crippen molar-refractivity contribution in [2.24, 2.45) is 0 Å². The standard InChI is InChI=1S/C24H25FN2O2S/c1-26(2)24(29)23-22(19-5-3-4-6-20(19)30-23)17-13-14-27(15-17)21(28)12-9-16-7-10-18(25)11-8-16/h3-8,10-11,17H,9,12-15H2,1-2H3/t17-/m0/s1. The lowest BCUT2D eigenvalue weighted by atomic mass is 9.95. The molecule has 2 heterocycles. The molecule has 156 valence electrons. The minimum atomic E-state index is -0.265. The van der Waals surface area contributed by atoms with Crippen LogP contribution in [0.4, 0.5) is 4.39 Å². The van der Waals surface area contributed by atoms with Gasteiger partial charge in [-0.2, -0.15) is 0 Å². The third-order valence-electron chi connectivity index (χ3n) is 5.72. The SMILES string of the molecule is CN(C)C(=O)c1sc2ccccc2c1[C@H]1CCN(C(=O)CCc2ccc(F)cc2)C1. The Hall–Kier alpha value is -2.73. The van der Waals surface area contributed by atoms with E-state index in [-0.39, 0.29) is 23.5 Å². The molecule has 0 unspecified atom stereocenters. The lowest BCUT2D eigenvalue weighted by molar-refractivity contribution is -0.130. The fourth-order valence-electron chi connectivity index (χ4n) is 4.12. The van der Waals surface area contributed by atoms with Gasteiger partial charge in [-0.15, -0.1) is 11.3 Å². The van der Waals surface area contributed by atoms with E-state index in [0.717, 1.165) is 32.5 Å². The van der Waals surface area contributed by atoms with Crippen LogP contribution in [0.15, 0.2) is 48.5 Å². The number of nitrogens with zero attached hydrogens (tertiary/aromatic N) is 2. The van der Waals surface area contributed by atoms with Crippen LogP contribution in [0.5, 0.6) is 0 Å². The molecule has 1 saturated heterocycles. The number of amides is 2. The fourth-order valence-corrected chi connectivity index (χ4v) is 5.43. The summed E-state index contributed by atoms with van der Waals surface area (Å²) in [6.07, 6.45) is 1.87. The van der Waals surface area contributed by atoms with Crippen molar-refractivity contribution in [3.63, 3.8) is 0 Å². The first kappa shape index (κ1) is 20.5. The molecule has 1 fully saturated rings. The van der Waals surface area contributed by atoms with Crippen LogP contribution in [-0.2, 0) is 11.2 Å². The molecule has 1 atom stereocenters. The highest BCUT2D eigenvalue weighted by molar-refractivity contribution is 7.21. The van der Waals surface area contributed by atoms with Crippen molar-refractivity contribution in [3.8, 4) is 0 Å². The Labute approximate surface area is 179 Å². The van der Waals surface area contributed by atoms with E-state index in [4.69, 9.17) is 0 Å². The predicted octanol–water partition coefficient (Wildman–Crippen LogP) is 4.69. The Morgan fingerprint density at radius 1 is 1.13 bits per heavy atom. The number of rotatable bonds is 5. The smallest absolute Gasteiger partial charge is 0.263 e. The highest BCUT2D eigenvalue weighted by atomic mass is 32.1. The zero-order valence-electron chi connectivity index (χ0n) is 17.2. The summed E-state index contributed by atoms with van der Waals surface area (Å²) < 4.78 is 14.2. The lowest BCUT2D eigenvalue weighted by Gasteiger charge is -2.18. The van der Waals surface area contributed by atoms with Crippen molar-refractivity contribution in [2.45, 2.75) is 25.2 Å². The second-order valence-electron chi connectivity index (χ2n) is 7.99. The monoisotopic (exact) mass is 424 g/mol. The molecule has 0 aliphatic carbocycles. The number of hydrogen-bond acceptors (Lipinski definition) is 3. The maximum atomic E-state index is 13.1. The van der Waals surface area contributed by atoms with Crippen LogP contribution >= 0.6 is 11.3 Å². The number of fused-ring (bicyclic) bond motifs is 1. The molecule has 4 nitrogen and oxygen atoms in total. The van der Waals surface area contributed by atoms with Crippen molar-refractivity contribution < 1.29 is 14.0 Å². The molecule has 0 bridgehead atoms. The van der Waals surface area contributed by atoms with Gasteiger partial charge in [-0.3, -0.25) is 9.59 Å². The molecule has 1 aliphatic rings. The van der Waals surface area contributed by atoms with Gasteiger partial charge in [0.05, 0.1) is 4.88 Å². The van der Waals surface area contributed by atoms with Crippen LogP contribution in [0.2, 0.25) is 0 Å². The van der Waals surface area contributed by atoms with Crippen LogP contribution < -0.4 is 0 Å². The van der Waals surface area contributed by atoms with Crippen LogP contribution in [0.1, 0.15) is 39.6 Å². The first-order chi connectivity index (χ1) is 14.4. The van der Waals surface area contributed by atoms with Gasteiger partial charge < -0.3 is 9.80 Å². The molecule has 3 aromatic rings. The first-order valence-electron chi connectivity index (χ1n) is 10.2. The molecule has 0 spiro atoms. The summed E-state index contributed by atoms with van der Waals surface area (Å²) in [6.45, 7) is 1.34. The number of carbonyl (C=O) groups excluding carboxylic acids is 2. The van der Waals surface area contributed by atoms with Gasteiger partial charge in [-0.1, -0.05) is 30.3 Å². The summed E-state index contributed by atoms with van der Waals surface area (Å²) >= 11 is 1.54. The van der Waals surface area contributed by atoms with Crippen molar-refractivity contribution in [1.82, 2.24) is 9.80 Å². The molecule has 0 N–H and O–H groups in total. The quantitative estimate of drug-likeness (QED) is 0.596. The number of halogens is 1. The van der Waals surface area contributed by atoms with E-state index in [9.17, 15) is 14.0 Å². The van der Waals surface area contributed by atoms with E-state index in [1.54, 1.807) is 42.5 Å². The Morgan fingerprint density at radius 2 is 1.87 bits per heavy atom. The number of aryl methyl sites for hydroxylation is 1. The summed E-state index contributed by atoms with van der Waals surface area (Å²) in [4.78, 5) is 29.9. The summed E-state index contributed by atoms with van der Waals surface area (Å²) in [5.74, 6) is 0.0301. The molecule has 6 heteroatoms. The summed E-state index contributed by atoms with van der Waals surface area (Å²) in [5.41, 5.74) is 2.05. The van der Waals surface area contributed by atoms with E-state index < -0.39 is 0 Å². The number of likely N-dealkylation sites (tertiary alicyclic amines) is 1. The number of benzene rings is 2. The molecular formula is C24H25FN2O2S. The van der Waals surface area contributed by atoms with Crippen LogP contribution in [-0.4, -0.2) is 48.8 Å². The lowest BCUT2D eigenvalue weighted by Crippen LogP contribution is -2.29. The minimum Gasteiger partial charge on any atom is -0.344 e. The van der Waals surface area contributed by atoms with Gasteiger partial charge in [0.1, 0.15) is 5.82 Å². The molecule has 0 radical (unpaired) electrons. The Morgan fingerprint density at radius 3 is 2.60 bits per heavy atom. The maximum absolute atomic E-state index is 13.1. The van der Waals surface area contributed by atoms with Crippen LogP contribution in [0.3, 0.4) is 0 Å². The van der Waals surface area contributed by atoms with Crippen LogP contribution in [0.25, 0.3) is 10.1 Å². The van der Waals surface area contributed by atoms with E-state index >= 15 is 0 Å². The highest BCUT2D eigenvalue weighted by Crippen LogP contribution is 2.40. The molecule has 1 aromatic heterocycles. The molecule has 2 aromatic carbocycles. The summed E-state index contributed by atoms with van der Waals surface area (Å²) in [7, 11) is 3.55. The Balaban J connectivity index is 1.50. The molecule has 2 amide bonds. The summed E-state index contributed by atoms with van der Waals surface area (Å²) in [5, 5.41) is 1.12. The van der Waals surface area contributed by atoms with Gasteiger partial charge in [-0.05, 0) is 47.6 Å². The molecular weight excluding hydrogens is 399 g/mol. The van der Waals surface area contributed by atoms with Gasteiger partial charge in [0.25, 0.3) is 5.91 Å². The van der Waals surface area contributed by atoms with Gasteiger partial charge in [0, 0.05) is 44.2 Å². The van der Waals surface area contributed by atoms with Crippen LogP contribution in [0, 0.1) is 5.82 Å². The maximum Gasteiger partial charge on any atom is 0.263 e. The van der Waals surface area contributed by atoms with Crippen molar-refractivity contribution in [3.05, 3.63) is 70.4 Å². The van der Waals surface area contributed by atoms with Gasteiger partial charge in [-0.25, -0.2) is 4.39 Å². The van der Waals surface area contributed by atoms with Crippen molar-refractivity contribution in [2.75, 3.05) is 27.2 Å². The average Bonchev–Trinajstić information content (AvgIpc) is 3.37. The van der Waals surface area contributed by atoms with E-state index in [2.05, 4.69) is 12.1 Å².